The van der Waals surface area contributed by atoms with Gasteiger partial charge >= 0.3 is 0 Å². The summed E-state index contributed by atoms with van der Waals surface area (Å²) in [6, 6.07) is 3.68. The van der Waals surface area contributed by atoms with Crippen LogP contribution in [-0.4, -0.2) is 4.98 Å². The maximum Gasteiger partial charge on any atom is 0.128 e. The molecule has 0 aliphatic carbocycles. The van der Waals surface area contributed by atoms with E-state index in [2.05, 4.69) is 4.98 Å². The van der Waals surface area contributed by atoms with Crippen LogP contribution in [0, 0.1) is 0 Å². The van der Waals surface area contributed by atoms with Gasteiger partial charge in [0.1, 0.15) is 5.82 Å². The van der Waals surface area contributed by atoms with Crippen LogP contribution in [0.25, 0.3) is 0 Å². The Bertz CT molecular complexity index is 225. The summed E-state index contributed by atoms with van der Waals surface area (Å²) < 4.78 is 0. The van der Waals surface area contributed by atoms with Crippen molar-refractivity contribution in [2.75, 3.05) is 5.73 Å². The van der Waals surface area contributed by atoms with Gasteiger partial charge in [0.15, 0.2) is 0 Å². The summed E-state index contributed by atoms with van der Waals surface area (Å²) in [7, 11) is 0. The Labute approximate surface area is 72.2 Å². The second-order valence-electron chi connectivity index (χ2n) is 2.27. The lowest BCUT2D eigenvalue weighted by Crippen LogP contribution is -2.08. The third kappa shape index (κ3) is 2.37. The highest BCUT2D eigenvalue weighted by Crippen LogP contribution is 2.13. The van der Waals surface area contributed by atoms with Gasteiger partial charge in [-0.25, -0.2) is 4.98 Å². The molecule has 0 radical (unpaired) electrons. The maximum atomic E-state index is 5.59. The molecule has 1 aromatic heterocycles. The Hall–Kier alpha value is -0.800. The predicted octanol–water partition coefficient (Wildman–Crippen LogP) is 1.11. The molecule has 4 N–H and O–H groups in total. The normalized spacial score (nSPS) is 11.8. The number of hydrogen-bond donors (Lipinski definition) is 2. The Morgan fingerprint density at radius 2 is 2.18 bits per heavy atom. The minimum atomic E-state index is -0.0336. The van der Waals surface area contributed by atoms with E-state index in [0.29, 0.717) is 5.82 Å². The number of hydrogen-bond acceptors (Lipinski definition) is 3. The Kier molecular flexibility index (Phi) is 3.85. The smallest absolute Gasteiger partial charge is 0.128 e. The standard InChI is InChI=1S/C7H11N3.ClH/c1-5(8)6-3-2-4-10-7(6)9;/h2-5H,8H2,1H3,(H2,9,10);1H. The van der Waals surface area contributed by atoms with Crippen molar-refractivity contribution < 1.29 is 0 Å². The van der Waals surface area contributed by atoms with Gasteiger partial charge in [0.25, 0.3) is 0 Å². The molecule has 0 bridgehead atoms. The maximum absolute atomic E-state index is 5.59. The highest BCUT2D eigenvalue weighted by molar-refractivity contribution is 5.85. The molecule has 1 heterocycles. The molecular weight excluding hydrogens is 162 g/mol. The number of pyridine rings is 1. The topological polar surface area (TPSA) is 64.9 Å². The summed E-state index contributed by atoms with van der Waals surface area (Å²) in [6.45, 7) is 1.88. The molecule has 0 spiro atoms. The molecule has 1 aromatic rings. The molecule has 0 saturated heterocycles. The molecular formula is C7H12ClN3. The molecule has 1 unspecified atom stereocenters. The molecule has 0 saturated carbocycles. The zero-order chi connectivity index (χ0) is 7.56. The number of anilines is 1. The molecule has 0 amide bonds. The Balaban J connectivity index is 0.000001000. The summed E-state index contributed by atoms with van der Waals surface area (Å²) in [4.78, 5) is 3.90. The van der Waals surface area contributed by atoms with Crippen molar-refractivity contribution in [2.24, 2.45) is 5.73 Å². The lowest BCUT2D eigenvalue weighted by molar-refractivity contribution is 0.816. The SMILES string of the molecule is CC(N)c1cccnc1N.Cl. The van der Waals surface area contributed by atoms with Gasteiger partial charge in [-0.2, -0.15) is 0 Å². The van der Waals surface area contributed by atoms with Gasteiger partial charge in [-0.1, -0.05) is 6.07 Å². The fourth-order valence-corrected chi connectivity index (χ4v) is 0.815. The first-order valence-corrected chi connectivity index (χ1v) is 3.18. The largest absolute Gasteiger partial charge is 0.383 e. The van der Waals surface area contributed by atoms with Crippen molar-refractivity contribution in [3.8, 4) is 0 Å². The summed E-state index contributed by atoms with van der Waals surface area (Å²) >= 11 is 0. The highest BCUT2D eigenvalue weighted by atomic mass is 35.5. The summed E-state index contributed by atoms with van der Waals surface area (Å²) in [5.41, 5.74) is 12.0. The molecule has 3 nitrogen and oxygen atoms in total. The molecule has 1 atom stereocenters. The second kappa shape index (κ2) is 4.16. The monoisotopic (exact) mass is 173 g/mol. The number of rotatable bonds is 1. The average Bonchev–Trinajstić information content (AvgIpc) is 1.88. The summed E-state index contributed by atoms with van der Waals surface area (Å²) in [5, 5.41) is 0. The van der Waals surface area contributed by atoms with E-state index in [1.54, 1.807) is 6.20 Å². The molecule has 0 aliphatic rings. The molecule has 11 heavy (non-hydrogen) atoms. The van der Waals surface area contributed by atoms with Crippen LogP contribution >= 0.6 is 12.4 Å². The number of nitrogens with zero attached hydrogens (tertiary/aromatic N) is 1. The minimum absolute atomic E-state index is 0. The second-order valence-corrected chi connectivity index (χ2v) is 2.27. The van der Waals surface area contributed by atoms with Crippen molar-refractivity contribution in [3.05, 3.63) is 23.9 Å². The van der Waals surface area contributed by atoms with Crippen molar-refractivity contribution in [1.82, 2.24) is 4.98 Å². The number of nitrogen functional groups attached to an aromatic ring is 1. The Morgan fingerprint density at radius 3 is 2.55 bits per heavy atom. The summed E-state index contributed by atoms with van der Waals surface area (Å²) in [6.07, 6.45) is 1.65. The van der Waals surface area contributed by atoms with Crippen molar-refractivity contribution in [1.29, 1.82) is 0 Å². The number of halogens is 1. The van der Waals surface area contributed by atoms with Crippen LogP contribution in [0.3, 0.4) is 0 Å². The third-order valence-corrected chi connectivity index (χ3v) is 1.36. The number of nitrogens with two attached hydrogens (primary N) is 2. The van der Waals surface area contributed by atoms with Crippen molar-refractivity contribution in [2.45, 2.75) is 13.0 Å². The lowest BCUT2D eigenvalue weighted by atomic mass is 10.1. The van der Waals surface area contributed by atoms with E-state index in [1.807, 2.05) is 19.1 Å². The van der Waals surface area contributed by atoms with Crippen LogP contribution in [0.1, 0.15) is 18.5 Å². The summed E-state index contributed by atoms with van der Waals surface area (Å²) in [5.74, 6) is 0.525. The van der Waals surface area contributed by atoms with Crippen molar-refractivity contribution in [3.63, 3.8) is 0 Å². The van der Waals surface area contributed by atoms with E-state index in [9.17, 15) is 0 Å². The first-order chi connectivity index (χ1) is 4.72. The van der Waals surface area contributed by atoms with E-state index in [4.69, 9.17) is 11.5 Å². The van der Waals surface area contributed by atoms with E-state index in [-0.39, 0.29) is 18.4 Å². The van der Waals surface area contributed by atoms with Gasteiger partial charge in [0.05, 0.1) is 0 Å². The van der Waals surface area contributed by atoms with Gasteiger partial charge in [0.2, 0.25) is 0 Å². The van der Waals surface area contributed by atoms with Gasteiger partial charge in [0, 0.05) is 17.8 Å². The fraction of sp³-hybridized carbons (Fsp3) is 0.286. The Morgan fingerprint density at radius 1 is 1.55 bits per heavy atom. The third-order valence-electron chi connectivity index (χ3n) is 1.36. The molecule has 0 aromatic carbocycles. The van der Waals surface area contributed by atoms with E-state index in [1.165, 1.54) is 0 Å². The van der Waals surface area contributed by atoms with Gasteiger partial charge < -0.3 is 11.5 Å². The molecule has 0 aliphatic heterocycles. The zero-order valence-corrected chi connectivity index (χ0v) is 7.14. The van der Waals surface area contributed by atoms with Gasteiger partial charge in [-0.3, -0.25) is 0 Å². The first kappa shape index (κ1) is 10.2. The predicted molar refractivity (Wildman–Crippen MR) is 48.5 cm³/mol. The molecule has 0 fully saturated rings. The van der Waals surface area contributed by atoms with Crippen molar-refractivity contribution >= 4 is 18.2 Å². The van der Waals surface area contributed by atoms with E-state index in [0.717, 1.165) is 5.56 Å². The van der Waals surface area contributed by atoms with E-state index < -0.39 is 0 Å². The fourth-order valence-electron chi connectivity index (χ4n) is 0.815. The first-order valence-electron chi connectivity index (χ1n) is 3.18. The van der Waals surface area contributed by atoms with Crippen LogP contribution in [0.4, 0.5) is 5.82 Å². The van der Waals surface area contributed by atoms with Crippen LogP contribution in [0.5, 0.6) is 0 Å². The van der Waals surface area contributed by atoms with Gasteiger partial charge in [-0.05, 0) is 13.0 Å². The quantitative estimate of drug-likeness (QED) is 0.669. The average molecular weight is 174 g/mol. The molecule has 1 rings (SSSR count). The molecule has 62 valence electrons. The highest BCUT2D eigenvalue weighted by Gasteiger charge is 2.01. The number of aromatic nitrogens is 1. The van der Waals surface area contributed by atoms with Gasteiger partial charge in [-0.15, -0.1) is 12.4 Å². The van der Waals surface area contributed by atoms with Crippen LogP contribution in [-0.2, 0) is 0 Å². The van der Waals surface area contributed by atoms with Crippen LogP contribution in [0.2, 0.25) is 0 Å². The van der Waals surface area contributed by atoms with Crippen LogP contribution in [0.15, 0.2) is 18.3 Å². The minimum Gasteiger partial charge on any atom is -0.383 e. The van der Waals surface area contributed by atoms with Crippen LogP contribution < -0.4 is 11.5 Å². The van der Waals surface area contributed by atoms with E-state index >= 15 is 0 Å². The lowest BCUT2D eigenvalue weighted by Gasteiger charge is -2.06. The zero-order valence-electron chi connectivity index (χ0n) is 6.32. The molecule has 4 heteroatoms.